The smallest absolute Gasteiger partial charge is 0.416 e. The van der Waals surface area contributed by atoms with Crippen LogP contribution in [0.3, 0.4) is 0 Å². The van der Waals surface area contributed by atoms with Crippen LogP contribution >= 0.6 is 0 Å². The number of aryl methyl sites for hydroxylation is 1. The van der Waals surface area contributed by atoms with Crippen LogP contribution < -0.4 is 15.0 Å². The third-order valence-corrected chi connectivity index (χ3v) is 4.72. The van der Waals surface area contributed by atoms with E-state index in [2.05, 4.69) is 15.4 Å². The van der Waals surface area contributed by atoms with E-state index >= 15 is 0 Å². The maximum absolute atomic E-state index is 13.6. The van der Waals surface area contributed by atoms with Gasteiger partial charge in [0, 0.05) is 19.3 Å². The molecule has 0 saturated carbocycles. The van der Waals surface area contributed by atoms with Crippen LogP contribution in [0, 0.1) is 5.82 Å². The molecule has 31 heavy (non-hydrogen) atoms. The van der Waals surface area contributed by atoms with Gasteiger partial charge in [-0.2, -0.15) is 18.3 Å². The van der Waals surface area contributed by atoms with E-state index in [4.69, 9.17) is 4.74 Å². The molecule has 1 fully saturated rings. The Morgan fingerprint density at radius 2 is 2.00 bits per heavy atom. The Bertz CT molecular complexity index is 1090. The van der Waals surface area contributed by atoms with Crippen molar-refractivity contribution in [3.8, 4) is 5.75 Å². The molecule has 162 valence electrons. The maximum atomic E-state index is 13.6. The summed E-state index contributed by atoms with van der Waals surface area (Å²) in [6, 6.07) is 5.48. The molecule has 4 rings (SSSR count). The van der Waals surface area contributed by atoms with Crippen molar-refractivity contribution in [2.24, 2.45) is 7.05 Å². The molecule has 0 atom stereocenters. The number of nitrogens with one attached hydrogen (secondary N) is 1. The lowest BCUT2D eigenvalue weighted by Crippen LogP contribution is -2.55. The highest BCUT2D eigenvalue weighted by molar-refractivity contribution is 6.07. The van der Waals surface area contributed by atoms with Crippen molar-refractivity contribution < 1.29 is 27.1 Å². The molecule has 3 aromatic rings. The van der Waals surface area contributed by atoms with Crippen molar-refractivity contribution >= 4 is 17.4 Å². The summed E-state index contributed by atoms with van der Waals surface area (Å²) in [4.78, 5) is 18.4. The maximum Gasteiger partial charge on any atom is 0.416 e. The molecule has 1 N–H and O–H groups in total. The number of nitrogens with zero attached hydrogens (tertiary/aromatic N) is 4. The van der Waals surface area contributed by atoms with Gasteiger partial charge < -0.3 is 15.0 Å². The lowest BCUT2D eigenvalue weighted by molar-refractivity contribution is -0.137. The Balaban J connectivity index is 1.44. The van der Waals surface area contributed by atoms with Gasteiger partial charge in [0.05, 0.1) is 36.7 Å². The Hall–Kier alpha value is -3.63. The lowest BCUT2D eigenvalue weighted by atomic mass is 10.1. The highest BCUT2D eigenvalue weighted by Crippen LogP contribution is 2.34. The van der Waals surface area contributed by atoms with Crippen LogP contribution in [0.5, 0.6) is 5.75 Å². The number of amides is 1. The summed E-state index contributed by atoms with van der Waals surface area (Å²) >= 11 is 0. The fourth-order valence-corrected chi connectivity index (χ4v) is 3.27. The summed E-state index contributed by atoms with van der Waals surface area (Å²) in [6.45, 7) is 0.592. The highest BCUT2D eigenvalue weighted by Gasteiger charge is 2.35. The number of carbonyl (C=O) groups is 1. The zero-order valence-electron chi connectivity index (χ0n) is 16.2. The molecule has 1 aliphatic heterocycles. The van der Waals surface area contributed by atoms with Crippen LogP contribution in [-0.2, 0) is 13.2 Å². The van der Waals surface area contributed by atoms with Gasteiger partial charge in [-0.25, -0.2) is 4.39 Å². The summed E-state index contributed by atoms with van der Waals surface area (Å²) in [7, 11) is 1.67. The first-order valence-corrected chi connectivity index (χ1v) is 9.23. The number of anilines is 2. The Labute approximate surface area is 174 Å². The standard InChI is InChI=1S/C20H17F4N5O2/c1-28-19(17(9-26-28)18(30)27-14-3-2-4-25-8-14)29-10-16(11-29)31-15-6-12(20(22,23)24)5-13(21)7-15/h2-9,16H,10-11H2,1H3,(H,27,30). The molecular weight excluding hydrogens is 418 g/mol. The van der Waals surface area contributed by atoms with Crippen molar-refractivity contribution in [3.05, 3.63) is 65.9 Å². The van der Waals surface area contributed by atoms with Crippen molar-refractivity contribution in [2.75, 3.05) is 23.3 Å². The quantitative estimate of drug-likeness (QED) is 0.622. The first kappa shape index (κ1) is 20.6. The van der Waals surface area contributed by atoms with Crippen LogP contribution in [0.2, 0.25) is 0 Å². The zero-order valence-corrected chi connectivity index (χ0v) is 16.2. The molecule has 3 heterocycles. The van der Waals surface area contributed by atoms with Gasteiger partial charge in [0.15, 0.2) is 0 Å². The molecule has 0 spiro atoms. The van der Waals surface area contributed by atoms with Crippen LogP contribution in [0.25, 0.3) is 0 Å². The summed E-state index contributed by atoms with van der Waals surface area (Å²) in [6.07, 6.45) is -0.613. The fraction of sp³-hybridized carbons (Fsp3) is 0.250. The molecular formula is C20H17F4N5O2. The molecule has 1 amide bonds. The average molecular weight is 435 g/mol. The topological polar surface area (TPSA) is 72.3 Å². The van der Waals surface area contributed by atoms with Crippen molar-refractivity contribution in [2.45, 2.75) is 12.3 Å². The van der Waals surface area contributed by atoms with E-state index in [0.717, 1.165) is 12.1 Å². The fourth-order valence-electron chi connectivity index (χ4n) is 3.27. The number of alkyl halides is 3. The number of halogens is 4. The normalized spacial score (nSPS) is 14.3. The van der Waals surface area contributed by atoms with E-state index < -0.39 is 23.7 Å². The molecule has 1 aliphatic rings. The average Bonchev–Trinajstić information content (AvgIpc) is 3.05. The molecule has 0 aliphatic carbocycles. The predicted molar refractivity (Wildman–Crippen MR) is 103 cm³/mol. The number of hydrogen-bond acceptors (Lipinski definition) is 5. The van der Waals surface area contributed by atoms with Crippen LogP contribution in [0.1, 0.15) is 15.9 Å². The monoisotopic (exact) mass is 435 g/mol. The lowest BCUT2D eigenvalue weighted by Gasteiger charge is -2.40. The Morgan fingerprint density at radius 3 is 2.68 bits per heavy atom. The third-order valence-electron chi connectivity index (χ3n) is 4.72. The largest absolute Gasteiger partial charge is 0.487 e. The molecule has 1 aromatic carbocycles. The van der Waals surface area contributed by atoms with Gasteiger partial charge in [-0.15, -0.1) is 0 Å². The number of pyridine rings is 1. The van der Waals surface area contributed by atoms with E-state index in [9.17, 15) is 22.4 Å². The minimum Gasteiger partial charge on any atom is -0.487 e. The summed E-state index contributed by atoms with van der Waals surface area (Å²) in [5.74, 6) is -1.06. The predicted octanol–water partition coefficient (Wildman–Crippen LogP) is 3.49. The first-order valence-electron chi connectivity index (χ1n) is 9.23. The Kier molecular flexibility index (Phi) is 5.25. The second kappa shape index (κ2) is 7.89. The summed E-state index contributed by atoms with van der Waals surface area (Å²) < 4.78 is 59.2. The number of hydrogen-bond donors (Lipinski definition) is 1. The van der Waals surface area contributed by atoms with Crippen molar-refractivity contribution in [1.82, 2.24) is 14.8 Å². The van der Waals surface area contributed by atoms with Gasteiger partial charge in [-0.1, -0.05) is 0 Å². The molecule has 2 aromatic heterocycles. The van der Waals surface area contributed by atoms with Gasteiger partial charge >= 0.3 is 6.18 Å². The second-order valence-corrected chi connectivity index (χ2v) is 7.02. The van der Waals surface area contributed by atoms with E-state index in [0.29, 0.717) is 36.2 Å². The van der Waals surface area contributed by atoms with Crippen LogP contribution in [0.4, 0.5) is 29.1 Å². The SMILES string of the molecule is Cn1ncc(C(=O)Nc2cccnc2)c1N1CC(Oc2cc(F)cc(C(F)(F)F)c2)C1. The molecule has 0 bridgehead atoms. The second-order valence-electron chi connectivity index (χ2n) is 7.02. The number of benzene rings is 1. The van der Waals surface area contributed by atoms with Gasteiger partial charge in [-0.3, -0.25) is 14.5 Å². The van der Waals surface area contributed by atoms with Gasteiger partial charge in [-0.05, 0) is 24.3 Å². The van der Waals surface area contributed by atoms with E-state index in [1.807, 2.05) is 0 Å². The van der Waals surface area contributed by atoms with Crippen molar-refractivity contribution in [3.63, 3.8) is 0 Å². The van der Waals surface area contributed by atoms with Crippen molar-refractivity contribution in [1.29, 1.82) is 0 Å². The van der Waals surface area contributed by atoms with Crippen LogP contribution in [0.15, 0.2) is 48.9 Å². The molecule has 11 heteroatoms. The number of ether oxygens (including phenoxy) is 1. The van der Waals surface area contributed by atoms with Gasteiger partial charge in [0.25, 0.3) is 5.91 Å². The third kappa shape index (κ3) is 4.44. The molecule has 0 radical (unpaired) electrons. The van der Waals surface area contributed by atoms with Gasteiger partial charge in [0.1, 0.15) is 29.1 Å². The molecule has 1 saturated heterocycles. The zero-order chi connectivity index (χ0) is 22.2. The highest BCUT2D eigenvalue weighted by atomic mass is 19.4. The number of aromatic nitrogens is 3. The minimum absolute atomic E-state index is 0.198. The number of rotatable bonds is 5. The van der Waals surface area contributed by atoms with Gasteiger partial charge in [0.2, 0.25) is 0 Å². The van der Waals surface area contributed by atoms with E-state index in [1.54, 1.807) is 30.3 Å². The first-order chi connectivity index (χ1) is 14.7. The summed E-state index contributed by atoms with van der Waals surface area (Å²) in [5.41, 5.74) is -0.256. The minimum atomic E-state index is -4.67. The van der Waals surface area contributed by atoms with Crippen LogP contribution in [-0.4, -0.2) is 39.9 Å². The summed E-state index contributed by atoms with van der Waals surface area (Å²) in [5, 5.41) is 6.86. The Morgan fingerprint density at radius 1 is 1.23 bits per heavy atom. The van der Waals surface area contributed by atoms with E-state index in [1.165, 1.54) is 17.1 Å². The van der Waals surface area contributed by atoms with E-state index in [-0.39, 0.29) is 11.7 Å². The molecule has 0 unspecified atom stereocenters. The number of carbonyl (C=O) groups excluding carboxylic acids is 1. The molecule has 7 nitrogen and oxygen atoms in total.